The molecule has 1 aliphatic carbocycles. The fourth-order valence-electron chi connectivity index (χ4n) is 2.24. The number of aromatic nitrogens is 1. The van der Waals surface area contributed by atoms with Crippen molar-refractivity contribution in [2.75, 3.05) is 13.1 Å². The summed E-state index contributed by atoms with van der Waals surface area (Å²) in [4.78, 5) is 3.78. The van der Waals surface area contributed by atoms with E-state index in [9.17, 15) is 4.39 Å². The first kappa shape index (κ1) is 10.6. The summed E-state index contributed by atoms with van der Waals surface area (Å²) in [6.07, 6.45) is 5.31. The molecule has 0 radical (unpaired) electrons. The van der Waals surface area contributed by atoms with Gasteiger partial charge >= 0.3 is 0 Å². The molecule has 3 heteroatoms. The van der Waals surface area contributed by atoms with Crippen LogP contribution in [0.1, 0.15) is 31.2 Å². The molecule has 15 heavy (non-hydrogen) atoms. The van der Waals surface area contributed by atoms with Gasteiger partial charge in [0.2, 0.25) is 0 Å². The molecule has 0 spiro atoms. The first-order valence-corrected chi connectivity index (χ1v) is 5.63. The maximum atomic E-state index is 13.5. The van der Waals surface area contributed by atoms with E-state index in [1.54, 1.807) is 6.20 Å². The lowest BCUT2D eigenvalue weighted by molar-refractivity contribution is 0.242. The zero-order chi connectivity index (χ0) is 10.7. The van der Waals surface area contributed by atoms with Crippen molar-refractivity contribution in [2.24, 2.45) is 5.92 Å². The Morgan fingerprint density at radius 1 is 1.53 bits per heavy atom. The van der Waals surface area contributed by atoms with Crippen molar-refractivity contribution in [1.82, 2.24) is 10.3 Å². The standard InChI is InChI=1S/C12H17FN2/c1-2-14-7-9-3-4-10(9)11-5-6-15-8-12(11)13/h5-6,8-10,14H,2-4,7H2,1H3. The second-order valence-corrected chi connectivity index (χ2v) is 4.15. The number of hydrogen-bond acceptors (Lipinski definition) is 2. The van der Waals surface area contributed by atoms with Crippen LogP contribution in [0.3, 0.4) is 0 Å². The summed E-state index contributed by atoms with van der Waals surface area (Å²) in [5.41, 5.74) is 0.846. The lowest BCUT2D eigenvalue weighted by Crippen LogP contribution is -2.34. The zero-order valence-electron chi connectivity index (χ0n) is 9.04. The van der Waals surface area contributed by atoms with Crippen molar-refractivity contribution in [2.45, 2.75) is 25.7 Å². The molecule has 1 heterocycles. The van der Waals surface area contributed by atoms with Gasteiger partial charge in [-0.25, -0.2) is 4.39 Å². The number of rotatable bonds is 4. The Kier molecular flexibility index (Phi) is 3.31. The SMILES string of the molecule is CCNCC1CCC1c1ccncc1F. The third-order valence-corrected chi connectivity index (χ3v) is 3.28. The van der Waals surface area contributed by atoms with Crippen LogP contribution in [-0.4, -0.2) is 18.1 Å². The van der Waals surface area contributed by atoms with Gasteiger partial charge < -0.3 is 5.32 Å². The van der Waals surface area contributed by atoms with Crippen molar-refractivity contribution in [3.8, 4) is 0 Å². The third-order valence-electron chi connectivity index (χ3n) is 3.28. The van der Waals surface area contributed by atoms with E-state index in [2.05, 4.69) is 17.2 Å². The predicted octanol–water partition coefficient (Wildman–Crippen LogP) is 2.32. The minimum atomic E-state index is -0.149. The van der Waals surface area contributed by atoms with Gasteiger partial charge in [-0.05, 0) is 49.4 Å². The number of hydrogen-bond donors (Lipinski definition) is 1. The van der Waals surface area contributed by atoms with Crippen molar-refractivity contribution in [1.29, 1.82) is 0 Å². The molecule has 2 unspecified atom stereocenters. The van der Waals surface area contributed by atoms with Crippen LogP contribution in [0.4, 0.5) is 4.39 Å². The lowest BCUT2D eigenvalue weighted by Gasteiger charge is -2.37. The fraction of sp³-hybridized carbons (Fsp3) is 0.583. The predicted molar refractivity (Wildman–Crippen MR) is 58.2 cm³/mol. The van der Waals surface area contributed by atoms with E-state index in [1.165, 1.54) is 12.6 Å². The highest BCUT2D eigenvalue weighted by Crippen LogP contribution is 2.42. The molecule has 0 aromatic carbocycles. The van der Waals surface area contributed by atoms with Crippen molar-refractivity contribution in [3.05, 3.63) is 29.8 Å². The van der Waals surface area contributed by atoms with Gasteiger partial charge in [0.15, 0.2) is 0 Å². The van der Waals surface area contributed by atoms with Gasteiger partial charge in [0, 0.05) is 6.20 Å². The summed E-state index contributed by atoms with van der Waals surface area (Å²) in [5.74, 6) is 0.845. The molecule has 1 aromatic rings. The van der Waals surface area contributed by atoms with E-state index < -0.39 is 0 Å². The molecule has 2 rings (SSSR count). The van der Waals surface area contributed by atoms with Gasteiger partial charge in [-0.2, -0.15) is 0 Å². The topological polar surface area (TPSA) is 24.9 Å². The van der Waals surface area contributed by atoms with Gasteiger partial charge in [0.25, 0.3) is 0 Å². The highest BCUT2D eigenvalue weighted by Gasteiger charge is 2.33. The molecule has 82 valence electrons. The van der Waals surface area contributed by atoms with Gasteiger partial charge in [-0.15, -0.1) is 0 Å². The largest absolute Gasteiger partial charge is 0.317 e. The lowest BCUT2D eigenvalue weighted by atomic mass is 9.70. The maximum Gasteiger partial charge on any atom is 0.144 e. The van der Waals surface area contributed by atoms with Crippen LogP contribution in [-0.2, 0) is 0 Å². The quantitative estimate of drug-likeness (QED) is 0.821. The number of nitrogens with zero attached hydrogens (tertiary/aromatic N) is 1. The average Bonchev–Trinajstić information content (AvgIpc) is 2.20. The van der Waals surface area contributed by atoms with Crippen LogP contribution in [0.5, 0.6) is 0 Å². The minimum absolute atomic E-state index is 0.149. The molecule has 0 bridgehead atoms. The molecule has 1 saturated carbocycles. The molecule has 2 nitrogen and oxygen atoms in total. The van der Waals surface area contributed by atoms with Gasteiger partial charge in [-0.1, -0.05) is 6.92 Å². The summed E-state index contributed by atoms with van der Waals surface area (Å²) >= 11 is 0. The Bertz CT molecular complexity index is 327. The van der Waals surface area contributed by atoms with Gasteiger partial charge in [-0.3, -0.25) is 4.98 Å². The number of nitrogens with one attached hydrogen (secondary N) is 1. The van der Waals surface area contributed by atoms with Gasteiger partial charge in [0.1, 0.15) is 5.82 Å². The first-order valence-electron chi connectivity index (χ1n) is 5.63. The first-order chi connectivity index (χ1) is 7.33. The van der Waals surface area contributed by atoms with E-state index in [0.717, 1.165) is 25.1 Å². The van der Waals surface area contributed by atoms with E-state index in [-0.39, 0.29) is 5.82 Å². The second-order valence-electron chi connectivity index (χ2n) is 4.15. The van der Waals surface area contributed by atoms with Crippen molar-refractivity contribution >= 4 is 0 Å². The Labute approximate surface area is 89.9 Å². The summed E-state index contributed by atoms with van der Waals surface area (Å²) in [6, 6.07) is 1.82. The number of halogens is 1. The average molecular weight is 208 g/mol. The molecule has 0 aliphatic heterocycles. The van der Waals surface area contributed by atoms with Crippen molar-refractivity contribution in [3.63, 3.8) is 0 Å². The van der Waals surface area contributed by atoms with Crippen molar-refractivity contribution < 1.29 is 4.39 Å². The number of pyridine rings is 1. The van der Waals surface area contributed by atoms with E-state index in [4.69, 9.17) is 0 Å². The summed E-state index contributed by atoms with van der Waals surface area (Å²) in [7, 11) is 0. The van der Waals surface area contributed by atoms with E-state index in [0.29, 0.717) is 11.8 Å². The highest BCUT2D eigenvalue weighted by atomic mass is 19.1. The summed E-state index contributed by atoms with van der Waals surface area (Å²) < 4.78 is 13.5. The Morgan fingerprint density at radius 3 is 3.00 bits per heavy atom. The van der Waals surface area contributed by atoms with Crippen LogP contribution in [0.15, 0.2) is 18.5 Å². The molecule has 1 aliphatic rings. The van der Waals surface area contributed by atoms with Crippen LogP contribution >= 0.6 is 0 Å². The highest BCUT2D eigenvalue weighted by molar-refractivity contribution is 5.21. The minimum Gasteiger partial charge on any atom is -0.317 e. The van der Waals surface area contributed by atoms with Crippen LogP contribution in [0.2, 0.25) is 0 Å². The van der Waals surface area contributed by atoms with E-state index >= 15 is 0 Å². The molecule has 1 N–H and O–H groups in total. The third kappa shape index (κ3) is 2.17. The normalized spacial score (nSPS) is 24.9. The maximum absolute atomic E-state index is 13.5. The zero-order valence-corrected chi connectivity index (χ0v) is 9.04. The molecule has 1 fully saturated rings. The van der Waals surface area contributed by atoms with Crippen LogP contribution < -0.4 is 5.32 Å². The Hall–Kier alpha value is -0.960. The molecule has 0 saturated heterocycles. The molecular formula is C12H17FN2. The molecule has 0 amide bonds. The Morgan fingerprint density at radius 2 is 2.40 bits per heavy atom. The second kappa shape index (κ2) is 4.71. The molecule has 1 aromatic heterocycles. The van der Waals surface area contributed by atoms with Crippen LogP contribution in [0.25, 0.3) is 0 Å². The van der Waals surface area contributed by atoms with Gasteiger partial charge in [0.05, 0.1) is 6.20 Å². The molecule has 2 atom stereocenters. The monoisotopic (exact) mass is 208 g/mol. The summed E-state index contributed by atoms with van der Waals surface area (Å²) in [6.45, 7) is 4.09. The Balaban J connectivity index is 2.02. The summed E-state index contributed by atoms with van der Waals surface area (Å²) in [5, 5.41) is 3.33. The van der Waals surface area contributed by atoms with Crippen LogP contribution in [0, 0.1) is 11.7 Å². The van der Waals surface area contributed by atoms with E-state index in [1.807, 2.05) is 6.07 Å². The molecular weight excluding hydrogens is 191 g/mol. The fourth-order valence-corrected chi connectivity index (χ4v) is 2.24. The smallest absolute Gasteiger partial charge is 0.144 e.